The van der Waals surface area contributed by atoms with Gasteiger partial charge in [0, 0.05) is 36.8 Å². The summed E-state index contributed by atoms with van der Waals surface area (Å²) in [6.07, 6.45) is 1.53. The van der Waals surface area contributed by atoms with E-state index in [-0.39, 0.29) is 23.8 Å². The normalized spacial score (nSPS) is 23.8. The summed E-state index contributed by atoms with van der Waals surface area (Å²) in [5, 5.41) is 3.38. The molecule has 1 heterocycles. The second-order valence-electron chi connectivity index (χ2n) is 5.52. The van der Waals surface area contributed by atoms with Gasteiger partial charge in [-0.15, -0.1) is 0 Å². The fourth-order valence-corrected chi connectivity index (χ4v) is 2.64. The Labute approximate surface area is 119 Å². The molecule has 1 aromatic carbocycles. The molecule has 0 saturated carbocycles. The summed E-state index contributed by atoms with van der Waals surface area (Å²) >= 11 is 0. The number of piperazine rings is 1. The summed E-state index contributed by atoms with van der Waals surface area (Å²) in [6, 6.07) is 7.08. The van der Waals surface area contributed by atoms with Crippen molar-refractivity contribution in [1.82, 2.24) is 10.2 Å². The predicted molar refractivity (Wildman–Crippen MR) is 78.7 cm³/mol. The molecule has 2 rings (SSSR count). The minimum atomic E-state index is -0.295. The Morgan fingerprint density at radius 1 is 1.30 bits per heavy atom. The van der Waals surface area contributed by atoms with Crippen LogP contribution in [0.1, 0.15) is 26.3 Å². The van der Waals surface area contributed by atoms with E-state index in [1.807, 2.05) is 4.90 Å². The lowest BCUT2D eigenvalue weighted by molar-refractivity contribution is -0.127. The van der Waals surface area contributed by atoms with Crippen molar-refractivity contribution >= 4 is 11.5 Å². The number of halogens is 1. The van der Waals surface area contributed by atoms with E-state index in [1.165, 1.54) is 12.1 Å². The Kier molecular flexibility index (Phi) is 4.55. The molecule has 1 aromatic rings. The second kappa shape index (κ2) is 6.18. The summed E-state index contributed by atoms with van der Waals surface area (Å²) in [7, 11) is 0. The molecule has 0 aliphatic carbocycles. The maximum absolute atomic E-state index is 13.7. The van der Waals surface area contributed by atoms with Crippen molar-refractivity contribution in [2.75, 3.05) is 13.1 Å². The van der Waals surface area contributed by atoms with E-state index < -0.39 is 0 Å². The highest BCUT2D eigenvalue weighted by atomic mass is 19.1. The molecule has 0 aromatic heterocycles. The average Bonchev–Trinajstić information content (AvgIpc) is 2.37. The molecule has 1 aliphatic heterocycles. The zero-order chi connectivity index (χ0) is 14.7. The van der Waals surface area contributed by atoms with Crippen molar-refractivity contribution < 1.29 is 9.18 Å². The van der Waals surface area contributed by atoms with Crippen LogP contribution in [0, 0.1) is 5.82 Å². The fourth-order valence-electron chi connectivity index (χ4n) is 2.64. The van der Waals surface area contributed by atoms with Gasteiger partial charge in [0.05, 0.1) is 0 Å². The van der Waals surface area contributed by atoms with Crippen molar-refractivity contribution in [1.29, 1.82) is 0 Å². The van der Waals surface area contributed by atoms with Gasteiger partial charge < -0.3 is 10.2 Å². The van der Waals surface area contributed by atoms with Crippen LogP contribution in [0.25, 0.3) is 5.57 Å². The fraction of sp³-hybridized carbons (Fsp3) is 0.438. The molecule has 1 amide bonds. The number of allylic oxidation sites excluding steroid dienone is 1. The van der Waals surface area contributed by atoms with Gasteiger partial charge >= 0.3 is 0 Å². The van der Waals surface area contributed by atoms with Gasteiger partial charge in [-0.25, -0.2) is 4.39 Å². The topological polar surface area (TPSA) is 32.3 Å². The number of nitrogens with one attached hydrogen (secondary N) is 1. The van der Waals surface area contributed by atoms with E-state index in [0.717, 1.165) is 0 Å². The third-order valence-corrected chi connectivity index (χ3v) is 3.51. The van der Waals surface area contributed by atoms with Crippen LogP contribution in [0.3, 0.4) is 0 Å². The van der Waals surface area contributed by atoms with Gasteiger partial charge in [0.25, 0.3) is 0 Å². The zero-order valence-corrected chi connectivity index (χ0v) is 12.2. The quantitative estimate of drug-likeness (QED) is 0.841. The number of carbonyl (C=O) groups excluding carboxylic acids is 1. The largest absolute Gasteiger partial charge is 0.336 e. The Morgan fingerprint density at radius 3 is 2.50 bits per heavy atom. The lowest BCUT2D eigenvalue weighted by atomic mass is 10.1. The number of hydrogen-bond donors (Lipinski definition) is 1. The van der Waals surface area contributed by atoms with Crippen LogP contribution in [0.4, 0.5) is 4.39 Å². The van der Waals surface area contributed by atoms with Crippen LogP contribution < -0.4 is 5.32 Å². The molecule has 1 aliphatic rings. The van der Waals surface area contributed by atoms with Gasteiger partial charge in [-0.05, 0) is 32.4 Å². The van der Waals surface area contributed by atoms with Gasteiger partial charge in [0.1, 0.15) is 5.82 Å². The van der Waals surface area contributed by atoms with E-state index in [9.17, 15) is 9.18 Å². The molecule has 0 radical (unpaired) electrons. The van der Waals surface area contributed by atoms with Crippen LogP contribution in [-0.2, 0) is 4.79 Å². The monoisotopic (exact) mass is 276 g/mol. The third kappa shape index (κ3) is 3.45. The highest BCUT2D eigenvalue weighted by Gasteiger charge is 2.23. The van der Waals surface area contributed by atoms with Crippen LogP contribution in [0.2, 0.25) is 0 Å². The first-order valence-electron chi connectivity index (χ1n) is 6.95. The molecule has 0 spiro atoms. The van der Waals surface area contributed by atoms with Gasteiger partial charge in [-0.1, -0.05) is 18.2 Å². The molecule has 1 saturated heterocycles. The van der Waals surface area contributed by atoms with Crippen molar-refractivity contribution in [3.8, 4) is 0 Å². The number of rotatable bonds is 2. The van der Waals surface area contributed by atoms with Crippen LogP contribution in [-0.4, -0.2) is 36.0 Å². The Hall–Kier alpha value is -1.68. The molecule has 108 valence electrons. The second-order valence-corrected chi connectivity index (χ2v) is 5.52. The predicted octanol–water partition coefficient (Wildman–Crippen LogP) is 2.44. The first-order valence-corrected chi connectivity index (χ1v) is 6.95. The molecule has 1 fully saturated rings. The lowest BCUT2D eigenvalue weighted by Crippen LogP contribution is -2.55. The van der Waals surface area contributed by atoms with E-state index in [4.69, 9.17) is 0 Å². The summed E-state index contributed by atoms with van der Waals surface area (Å²) < 4.78 is 13.7. The summed E-state index contributed by atoms with van der Waals surface area (Å²) in [4.78, 5) is 14.1. The van der Waals surface area contributed by atoms with Crippen LogP contribution in [0.15, 0.2) is 30.3 Å². The van der Waals surface area contributed by atoms with Gasteiger partial charge in [0.15, 0.2) is 0 Å². The van der Waals surface area contributed by atoms with E-state index in [0.29, 0.717) is 24.2 Å². The molecular weight excluding hydrogens is 255 g/mol. The first-order chi connectivity index (χ1) is 9.47. The maximum Gasteiger partial charge on any atom is 0.246 e. The van der Waals surface area contributed by atoms with Crippen molar-refractivity contribution in [3.05, 3.63) is 41.7 Å². The van der Waals surface area contributed by atoms with Crippen LogP contribution in [0.5, 0.6) is 0 Å². The Balaban J connectivity index is 2.14. The van der Waals surface area contributed by atoms with Crippen molar-refractivity contribution in [3.63, 3.8) is 0 Å². The summed E-state index contributed by atoms with van der Waals surface area (Å²) in [5.74, 6) is -0.345. The minimum Gasteiger partial charge on any atom is -0.336 e. The van der Waals surface area contributed by atoms with Crippen molar-refractivity contribution in [2.24, 2.45) is 0 Å². The highest BCUT2D eigenvalue weighted by molar-refractivity contribution is 5.95. The lowest BCUT2D eigenvalue weighted by Gasteiger charge is -2.35. The number of carbonyl (C=O) groups is 1. The summed E-state index contributed by atoms with van der Waals surface area (Å²) in [6.45, 7) is 7.26. The van der Waals surface area contributed by atoms with Crippen molar-refractivity contribution in [2.45, 2.75) is 32.9 Å². The van der Waals surface area contributed by atoms with Gasteiger partial charge in [-0.3, -0.25) is 4.79 Å². The molecular formula is C16H21FN2O. The third-order valence-electron chi connectivity index (χ3n) is 3.51. The maximum atomic E-state index is 13.7. The average molecular weight is 276 g/mol. The van der Waals surface area contributed by atoms with E-state index in [2.05, 4.69) is 19.2 Å². The Bertz CT molecular complexity index is 517. The molecule has 0 bridgehead atoms. The molecule has 3 nitrogen and oxygen atoms in total. The molecule has 2 atom stereocenters. The van der Waals surface area contributed by atoms with E-state index in [1.54, 1.807) is 25.1 Å². The molecule has 4 heteroatoms. The zero-order valence-electron chi connectivity index (χ0n) is 12.2. The number of hydrogen-bond acceptors (Lipinski definition) is 2. The smallest absolute Gasteiger partial charge is 0.246 e. The first kappa shape index (κ1) is 14.7. The van der Waals surface area contributed by atoms with Crippen LogP contribution >= 0.6 is 0 Å². The van der Waals surface area contributed by atoms with E-state index >= 15 is 0 Å². The standard InChI is InChI=1S/C16H21FN2O/c1-11(14-6-4-5-7-15(14)17)8-16(20)19-9-12(2)18-13(3)10-19/h4-8,12-13,18H,9-10H2,1-3H3. The SMILES string of the molecule is CC(=CC(=O)N1CC(C)NC(C)C1)c1ccccc1F. The van der Waals surface area contributed by atoms with Gasteiger partial charge in [-0.2, -0.15) is 0 Å². The number of benzene rings is 1. The summed E-state index contributed by atoms with van der Waals surface area (Å²) in [5.41, 5.74) is 1.14. The van der Waals surface area contributed by atoms with Gasteiger partial charge in [0.2, 0.25) is 5.91 Å². The highest BCUT2D eigenvalue weighted by Crippen LogP contribution is 2.18. The number of nitrogens with zero attached hydrogens (tertiary/aromatic N) is 1. The molecule has 2 unspecified atom stereocenters. The molecule has 1 N–H and O–H groups in total. The number of amides is 1. The Morgan fingerprint density at radius 2 is 1.90 bits per heavy atom. The minimum absolute atomic E-state index is 0.0500. The molecule has 20 heavy (non-hydrogen) atoms.